The van der Waals surface area contributed by atoms with Crippen molar-refractivity contribution in [2.75, 3.05) is 14.1 Å². The van der Waals surface area contributed by atoms with Crippen LogP contribution < -0.4 is 5.73 Å². The normalized spacial score (nSPS) is 12.0. The number of benzene rings is 1. The van der Waals surface area contributed by atoms with Crippen molar-refractivity contribution < 1.29 is 13.2 Å². The fourth-order valence-corrected chi connectivity index (χ4v) is 2.30. The summed E-state index contributed by atoms with van der Waals surface area (Å²) in [5, 5.41) is 4.23. The molecule has 0 saturated heterocycles. The number of aromatic nitrogens is 2. The molecule has 2 rings (SSSR count). The van der Waals surface area contributed by atoms with E-state index in [-0.39, 0.29) is 42.0 Å². The summed E-state index contributed by atoms with van der Waals surface area (Å²) in [5.41, 5.74) is 6.85. The van der Waals surface area contributed by atoms with Gasteiger partial charge in [0.25, 0.3) is 0 Å². The summed E-state index contributed by atoms with van der Waals surface area (Å²) in [6.07, 6.45) is -4.48. The average Bonchev–Trinajstić information content (AvgIpc) is 2.82. The summed E-state index contributed by atoms with van der Waals surface area (Å²) in [7, 11) is 3.35. The van der Waals surface area contributed by atoms with Crippen molar-refractivity contribution in [3.8, 4) is 5.69 Å². The fourth-order valence-electron chi connectivity index (χ4n) is 2.30. The molecule has 0 aliphatic carbocycles. The predicted molar refractivity (Wildman–Crippen MR) is 102 cm³/mol. The van der Waals surface area contributed by atoms with Gasteiger partial charge in [-0.2, -0.15) is 18.3 Å². The molecule has 0 unspecified atom stereocenters. The van der Waals surface area contributed by atoms with Crippen LogP contribution in [-0.2, 0) is 12.7 Å². The van der Waals surface area contributed by atoms with Gasteiger partial charge in [0.1, 0.15) is 0 Å². The summed E-state index contributed by atoms with van der Waals surface area (Å²) in [4.78, 5) is 5.53. The summed E-state index contributed by atoms with van der Waals surface area (Å²) in [6, 6.07) is 5.92. The number of hydrogen-bond donors (Lipinski definition) is 1. The van der Waals surface area contributed by atoms with Gasteiger partial charge < -0.3 is 10.6 Å². The van der Waals surface area contributed by atoms with Crippen molar-refractivity contribution in [1.82, 2.24) is 14.7 Å². The second-order valence-corrected chi connectivity index (χ2v) is 5.75. The lowest BCUT2D eigenvalue weighted by atomic mass is 10.1. The molecule has 0 spiro atoms. The highest BCUT2D eigenvalue weighted by Crippen LogP contribution is 2.34. The number of alkyl halides is 3. The highest BCUT2D eigenvalue weighted by molar-refractivity contribution is 14.0. The molecule has 138 valence electrons. The highest BCUT2D eigenvalue weighted by Gasteiger charge is 2.33. The van der Waals surface area contributed by atoms with Crippen LogP contribution in [0.4, 0.5) is 13.2 Å². The van der Waals surface area contributed by atoms with E-state index in [4.69, 9.17) is 5.73 Å². The van der Waals surface area contributed by atoms with Crippen LogP contribution in [-0.4, -0.2) is 34.7 Å². The Morgan fingerprint density at radius 1 is 1.24 bits per heavy atom. The molecule has 0 radical (unpaired) electrons. The van der Waals surface area contributed by atoms with E-state index in [2.05, 4.69) is 10.1 Å². The summed E-state index contributed by atoms with van der Waals surface area (Å²) < 4.78 is 41.7. The van der Waals surface area contributed by atoms with Crippen LogP contribution in [0.25, 0.3) is 5.69 Å². The third-order valence-electron chi connectivity index (χ3n) is 3.52. The first-order valence-electron chi connectivity index (χ1n) is 7.30. The molecule has 1 aromatic carbocycles. The topological polar surface area (TPSA) is 59.4 Å². The van der Waals surface area contributed by atoms with Gasteiger partial charge in [0.05, 0.1) is 23.5 Å². The van der Waals surface area contributed by atoms with Crippen LogP contribution in [0.5, 0.6) is 0 Å². The van der Waals surface area contributed by atoms with Gasteiger partial charge in [0.2, 0.25) is 0 Å². The molecule has 1 heterocycles. The number of aliphatic imine (C=N–C) groups is 1. The Bertz CT molecular complexity index is 766. The molecule has 0 amide bonds. The molecule has 0 aliphatic heterocycles. The van der Waals surface area contributed by atoms with E-state index in [9.17, 15) is 13.2 Å². The zero-order valence-electron chi connectivity index (χ0n) is 14.4. The van der Waals surface area contributed by atoms with Crippen LogP contribution in [0.3, 0.4) is 0 Å². The van der Waals surface area contributed by atoms with E-state index in [1.165, 1.54) is 15.6 Å². The fraction of sp³-hybridized carbons (Fsp3) is 0.375. The van der Waals surface area contributed by atoms with Crippen LogP contribution >= 0.6 is 24.0 Å². The Morgan fingerprint density at radius 3 is 2.36 bits per heavy atom. The van der Waals surface area contributed by atoms with Crippen LogP contribution in [0.2, 0.25) is 0 Å². The smallest absolute Gasteiger partial charge is 0.370 e. The SMILES string of the molecule is Cc1cc(C)n(-c2ccc(CN=C(N)N(C)C)c(C(F)(F)F)c2)n1.I. The summed E-state index contributed by atoms with van der Waals surface area (Å²) in [6.45, 7) is 3.45. The maximum absolute atomic E-state index is 13.4. The monoisotopic (exact) mass is 467 g/mol. The number of rotatable bonds is 3. The van der Waals surface area contributed by atoms with Crippen molar-refractivity contribution in [2.45, 2.75) is 26.6 Å². The molecular weight excluding hydrogens is 446 g/mol. The van der Waals surface area contributed by atoms with Crippen molar-refractivity contribution in [1.29, 1.82) is 0 Å². The van der Waals surface area contributed by atoms with Crippen LogP contribution in [0.15, 0.2) is 29.3 Å². The maximum atomic E-state index is 13.4. The molecule has 0 saturated carbocycles. The predicted octanol–water partition coefficient (Wildman–Crippen LogP) is 3.50. The second kappa shape index (κ2) is 8.07. The van der Waals surface area contributed by atoms with Gasteiger partial charge in [0.15, 0.2) is 5.96 Å². The maximum Gasteiger partial charge on any atom is 0.416 e. The van der Waals surface area contributed by atoms with Crippen molar-refractivity contribution in [3.05, 3.63) is 46.8 Å². The van der Waals surface area contributed by atoms with E-state index in [1.54, 1.807) is 34.0 Å². The first-order chi connectivity index (χ1) is 11.1. The van der Waals surface area contributed by atoms with Crippen molar-refractivity contribution in [2.24, 2.45) is 10.7 Å². The molecule has 5 nitrogen and oxygen atoms in total. The van der Waals surface area contributed by atoms with E-state index in [1.807, 2.05) is 6.07 Å². The molecule has 1 aromatic heterocycles. The van der Waals surface area contributed by atoms with E-state index in [0.29, 0.717) is 5.69 Å². The molecule has 0 bridgehead atoms. The van der Waals surface area contributed by atoms with Crippen LogP contribution in [0, 0.1) is 13.8 Å². The Kier molecular flexibility index (Phi) is 6.86. The van der Waals surface area contributed by atoms with Crippen molar-refractivity contribution in [3.63, 3.8) is 0 Å². The quantitative estimate of drug-likeness (QED) is 0.427. The van der Waals surface area contributed by atoms with Crippen molar-refractivity contribution >= 4 is 29.9 Å². The molecule has 0 fully saturated rings. The Morgan fingerprint density at radius 2 is 1.88 bits per heavy atom. The van der Waals surface area contributed by atoms with Gasteiger partial charge in [-0.3, -0.25) is 0 Å². The van der Waals surface area contributed by atoms with Gasteiger partial charge >= 0.3 is 6.18 Å². The Balaban J connectivity index is 0.00000312. The standard InChI is InChI=1S/C16H20F3N5.HI/c1-10-7-11(2)24(22-10)13-6-5-12(9-21-15(20)23(3)4)14(8-13)16(17,18)19;/h5-8H,9H2,1-4H3,(H2,20,21);1H. The lowest BCUT2D eigenvalue weighted by Crippen LogP contribution is -2.30. The average molecular weight is 467 g/mol. The van der Waals surface area contributed by atoms with Gasteiger partial charge in [-0.15, -0.1) is 24.0 Å². The Labute approximate surface area is 161 Å². The lowest BCUT2D eigenvalue weighted by Gasteiger charge is -2.15. The third-order valence-corrected chi connectivity index (χ3v) is 3.52. The molecule has 9 heteroatoms. The molecule has 0 atom stereocenters. The van der Waals surface area contributed by atoms with E-state index >= 15 is 0 Å². The van der Waals surface area contributed by atoms with E-state index in [0.717, 1.165) is 17.5 Å². The summed E-state index contributed by atoms with van der Waals surface area (Å²) in [5.74, 6) is 0.172. The minimum absolute atomic E-state index is 0. The number of guanidine groups is 1. The van der Waals surface area contributed by atoms with Crippen LogP contribution in [0.1, 0.15) is 22.5 Å². The first kappa shape index (κ1) is 21.3. The molecular formula is C16H21F3IN5. The van der Waals surface area contributed by atoms with Gasteiger partial charge in [-0.1, -0.05) is 6.07 Å². The van der Waals surface area contributed by atoms with Gasteiger partial charge in [-0.05, 0) is 37.6 Å². The zero-order chi connectivity index (χ0) is 18.1. The highest BCUT2D eigenvalue weighted by atomic mass is 127. The Hall–Kier alpha value is -1.78. The molecule has 0 aliphatic rings. The van der Waals surface area contributed by atoms with Gasteiger partial charge in [-0.25, -0.2) is 9.67 Å². The molecule has 2 aromatic rings. The third kappa shape index (κ3) is 5.10. The molecule has 25 heavy (non-hydrogen) atoms. The minimum atomic E-state index is -4.48. The lowest BCUT2D eigenvalue weighted by molar-refractivity contribution is -0.138. The van der Waals surface area contributed by atoms with Gasteiger partial charge in [0, 0.05) is 19.8 Å². The number of nitrogens with zero attached hydrogens (tertiary/aromatic N) is 4. The number of hydrogen-bond acceptors (Lipinski definition) is 2. The zero-order valence-corrected chi connectivity index (χ0v) is 16.8. The van der Waals surface area contributed by atoms with E-state index < -0.39 is 11.7 Å². The number of nitrogens with two attached hydrogens (primary N) is 1. The molecule has 2 N–H and O–H groups in total. The number of aryl methyl sites for hydroxylation is 2. The number of halogens is 4. The largest absolute Gasteiger partial charge is 0.416 e. The minimum Gasteiger partial charge on any atom is -0.370 e. The first-order valence-corrected chi connectivity index (χ1v) is 7.30. The summed E-state index contributed by atoms with van der Waals surface area (Å²) >= 11 is 0. The second-order valence-electron chi connectivity index (χ2n) is 5.75.